The molecule has 0 bridgehead atoms. The second kappa shape index (κ2) is 7.27. The van der Waals surface area contributed by atoms with E-state index in [9.17, 15) is 19.4 Å². The van der Waals surface area contributed by atoms with Crippen molar-refractivity contribution in [3.8, 4) is 11.5 Å². The largest absolute Gasteiger partial charge is 0.508 e. The van der Waals surface area contributed by atoms with Gasteiger partial charge in [0.15, 0.2) is 0 Å². The van der Waals surface area contributed by atoms with Crippen molar-refractivity contribution in [1.82, 2.24) is 0 Å². The van der Waals surface area contributed by atoms with Crippen molar-refractivity contribution in [1.29, 1.82) is 0 Å². The van der Waals surface area contributed by atoms with Crippen LogP contribution in [0.1, 0.15) is 22.8 Å². The van der Waals surface area contributed by atoms with Crippen LogP contribution in [0.4, 0.5) is 15.8 Å². The Balaban J connectivity index is 2.14. The molecule has 0 fully saturated rings. The number of rotatable bonds is 4. The van der Waals surface area contributed by atoms with Crippen molar-refractivity contribution in [2.24, 2.45) is 0 Å². The standard InChI is InChI=1S/C21H18FNO3/c1-2-18-19(4-3-5-20(18)22)21(26)23(14-6-10-16(24)11-7-14)15-8-12-17(25)13-9-15/h3-13,24-25H,2H2,1H3. The van der Waals surface area contributed by atoms with Crippen molar-refractivity contribution < 1.29 is 19.4 Å². The van der Waals surface area contributed by atoms with Gasteiger partial charge in [0.1, 0.15) is 17.3 Å². The van der Waals surface area contributed by atoms with E-state index >= 15 is 0 Å². The second-order valence-electron chi connectivity index (χ2n) is 5.79. The molecule has 0 spiro atoms. The van der Waals surface area contributed by atoms with E-state index in [-0.39, 0.29) is 17.1 Å². The van der Waals surface area contributed by atoms with Gasteiger partial charge in [0.25, 0.3) is 5.91 Å². The summed E-state index contributed by atoms with van der Waals surface area (Å²) in [5.41, 5.74) is 1.66. The topological polar surface area (TPSA) is 60.8 Å². The van der Waals surface area contributed by atoms with Crippen molar-refractivity contribution in [2.45, 2.75) is 13.3 Å². The number of phenols is 2. The van der Waals surface area contributed by atoms with E-state index < -0.39 is 11.7 Å². The minimum atomic E-state index is -0.422. The van der Waals surface area contributed by atoms with E-state index in [0.29, 0.717) is 23.4 Å². The number of anilines is 2. The number of benzene rings is 3. The zero-order chi connectivity index (χ0) is 18.7. The van der Waals surface area contributed by atoms with Crippen LogP contribution in [0.5, 0.6) is 11.5 Å². The molecular weight excluding hydrogens is 333 g/mol. The van der Waals surface area contributed by atoms with Crippen LogP contribution in [0.2, 0.25) is 0 Å². The fourth-order valence-electron chi connectivity index (χ4n) is 2.83. The zero-order valence-corrected chi connectivity index (χ0v) is 14.2. The first-order valence-corrected chi connectivity index (χ1v) is 8.21. The van der Waals surface area contributed by atoms with Gasteiger partial charge in [0.2, 0.25) is 0 Å². The molecule has 0 aliphatic rings. The quantitative estimate of drug-likeness (QED) is 0.711. The summed E-state index contributed by atoms with van der Waals surface area (Å²) >= 11 is 0. The van der Waals surface area contributed by atoms with Gasteiger partial charge in [-0.2, -0.15) is 0 Å². The smallest absolute Gasteiger partial charge is 0.263 e. The summed E-state index contributed by atoms with van der Waals surface area (Å²) in [4.78, 5) is 14.7. The van der Waals surface area contributed by atoms with Crippen LogP contribution in [0.15, 0.2) is 66.7 Å². The third-order valence-electron chi connectivity index (χ3n) is 4.12. The van der Waals surface area contributed by atoms with Crippen LogP contribution < -0.4 is 4.90 Å². The molecule has 132 valence electrons. The minimum absolute atomic E-state index is 0.0758. The van der Waals surface area contributed by atoms with Crippen LogP contribution in [0.25, 0.3) is 0 Å². The Morgan fingerprint density at radius 1 is 0.885 bits per heavy atom. The highest BCUT2D eigenvalue weighted by molar-refractivity contribution is 6.11. The first-order chi connectivity index (χ1) is 12.5. The molecule has 0 unspecified atom stereocenters. The molecule has 0 saturated carbocycles. The van der Waals surface area contributed by atoms with Gasteiger partial charge in [0.05, 0.1) is 0 Å². The monoisotopic (exact) mass is 351 g/mol. The average molecular weight is 351 g/mol. The molecule has 26 heavy (non-hydrogen) atoms. The molecule has 0 atom stereocenters. The summed E-state index contributed by atoms with van der Waals surface area (Å²) in [6.07, 6.45) is 0.382. The maximum Gasteiger partial charge on any atom is 0.263 e. The Hall–Kier alpha value is -3.34. The van der Waals surface area contributed by atoms with Crippen molar-refractivity contribution in [3.05, 3.63) is 83.7 Å². The van der Waals surface area contributed by atoms with Crippen molar-refractivity contribution >= 4 is 17.3 Å². The third-order valence-corrected chi connectivity index (χ3v) is 4.12. The highest BCUT2D eigenvalue weighted by Gasteiger charge is 2.23. The van der Waals surface area contributed by atoms with E-state index in [4.69, 9.17) is 0 Å². The lowest BCUT2D eigenvalue weighted by Crippen LogP contribution is -2.27. The average Bonchev–Trinajstić information content (AvgIpc) is 2.64. The summed E-state index contributed by atoms with van der Waals surface area (Å²) in [7, 11) is 0. The molecule has 0 saturated heterocycles. The van der Waals surface area contributed by atoms with E-state index in [2.05, 4.69) is 0 Å². The Kier molecular flexibility index (Phi) is 4.89. The maximum absolute atomic E-state index is 14.1. The lowest BCUT2D eigenvalue weighted by Gasteiger charge is -2.24. The van der Waals surface area contributed by atoms with Gasteiger partial charge in [-0.25, -0.2) is 4.39 Å². The number of aromatic hydroxyl groups is 2. The molecule has 0 aliphatic carbocycles. The molecule has 2 N–H and O–H groups in total. The van der Waals surface area contributed by atoms with Crippen LogP contribution in [-0.2, 0) is 6.42 Å². The normalized spacial score (nSPS) is 10.5. The lowest BCUT2D eigenvalue weighted by molar-refractivity contribution is 0.0998. The number of hydrogen-bond donors (Lipinski definition) is 2. The minimum Gasteiger partial charge on any atom is -0.508 e. The number of phenolic OH excluding ortho intramolecular Hbond substituents is 2. The third kappa shape index (κ3) is 3.37. The van der Waals surface area contributed by atoms with Gasteiger partial charge >= 0.3 is 0 Å². The van der Waals surface area contributed by atoms with Crippen LogP contribution in [0, 0.1) is 5.82 Å². The van der Waals surface area contributed by atoms with Crippen molar-refractivity contribution in [3.63, 3.8) is 0 Å². The van der Waals surface area contributed by atoms with E-state index in [1.807, 2.05) is 0 Å². The fourth-order valence-corrected chi connectivity index (χ4v) is 2.83. The maximum atomic E-state index is 14.1. The van der Waals surface area contributed by atoms with E-state index in [1.165, 1.54) is 41.3 Å². The number of hydrogen-bond acceptors (Lipinski definition) is 3. The van der Waals surface area contributed by atoms with E-state index in [0.717, 1.165) is 0 Å². The van der Waals surface area contributed by atoms with Gasteiger partial charge in [0, 0.05) is 22.5 Å². The Bertz CT molecular complexity index is 875. The number of carbonyl (C=O) groups excluding carboxylic acids is 1. The SMILES string of the molecule is CCc1c(F)cccc1C(=O)N(c1ccc(O)cc1)c1ccc(O)cc1. The molecule has 5 heteroatoms. The van der Waals surface area contributed by atoms with E-state index in [1.54, 1.807) is 37.3 Å². The molecule has 0 aliphatic heterocycles. The summed E-state index contributed by atoms with van der Waals surface area (Å²) in [6, 6.07) is 16.7. The van der Waals surface area contributed by atoms with Crippen LogP contribution in [-0.4, -0.2) is 16.1 Å². The number of carbonyl (C=O) groups is 1. The van der Waals surface area contributed by atoms with Crippen molar-refractivity contribution in [2.75, 3.05) is 4.90 Å². The van der Waals surface area contributed by atoms with Crippen LogP contribution in [0.3, 0.4) is 0 Å². The number of halogens is 1. The Morgan fingerprint density at radius 2 is 1.38 bits per heavy atom. The van der Waals surface area contributed by atoms with Gasteiger partial charge in [-0.1, -0.05) is 13.0 Å². The molecule has 1 amide bonds. The Morgan fingerprint density at radius 3 is 1.85 bits per heavy atom. The Labute approximate surface area is 150 Å². The summed E-state index contributed by atoms with van der Waals surface area (Å²) in [6.45, 7) is 1.79. The molecule has 3 aromatic carbocycles. The van der Waals surface area contributed by atoms with Gasteiger partial charge < -0.3 is 10.2 Å². The lowest BCUT2D eigenvalue weighted by atomic mass is 10.0. The summed E-state index contributed by atoms with van der Waals surface area (Å²) in [5, 5.41) is 19.1. The molecule has 3 rings (SSSR count). The molecule has 0 radical (unpaired) electrons. The zero-order valence-electron chi connectivity index (χ0n) is 14.2. The predicted molar refractivity (Wildman–Crippen MR) is 98.5 cm³/mol. The molecule has 0 aromatic heterocycles. The highest BCUT2D eigenvalue weighted by Crippen LogP contribution is 2.31. The number of amides is 1. The molecule has 3 aromatic rings. The van der Waals surface area contributed by atoms with Gasteiger partial charge in [-0.05, 0) is 67.1 Å². The molecule has 4 nitrogen and oxygen atoms in total. The first-order valence-electron chi connectivity index (χ1n) is 8.21. The van der Waals surface area contributed by atoms with Gasteiger partial charge in [-0.3, -0.25) is 9.69 Å². The fraction of sp³-hybridized carbons (Fsp3) is 0.0952. The summed E-state index contributed by atoms with van der Waals surface area (Å²) < 4.78 is 14.1. The molecule has 0 heterocycles. The van der Waals surface area contributed by atoms with Crippen LogP contribution >= 0.6 is 0 Å². The predicted octanol–water partition coefficient (Wildman–Crippen LogP) is 4.78. The first kappa shape index (κ1) is 17.5. The summed E-state index contributed by atoms with van der Waals surface area (Å²) in [5.74, 6) is -0.661. The highest BCUT2D eigenvalue weighted by atomic mass is 19.1. The van der Waals surface area contributed by atoms with Gasteiger partial charge in [-0.15, -0.1) is 0 Å². The number of nitrogens with zero attached hydrogens (tertiary/aromatic N) is 1. The molecular formula is C21H18FNO3. The second-order valence-corrected chi connectivity index (χ2v) is 5.79.